The summed E-state index contributed by atoms with van der Waals surface area (Å²) < 4.78 is 26.2. The third-order valence-corrected chi connectivity index (χ3v) is 5.82. The zero-order valence-corrected chi connectivity index (χ0v) is 13.3. The minimum atomic E-state index is -3.57. The fourth-order valence-electron chi connectivity index (χ4n) is 1.57. The lowest BCUT2D eigenvalue weighted by atomic mass is 10.4. The second-order valence-corrected chi connectivity index (χ2v) is 7.97. The van der Waals surface area contributed by atoms with Gasteiger partial charge in [-0.25, -0.2) is 8.42 Å². The van der Waals surface area contributed by atoms with Crippen molar-refractivity contribution in [1.29, 1.82) is 0 Å². The molecule has 0 saturated heterocycles. The lowest BCUT2D eigenvalue weighted by molar-refractivity contribution is -0.121. The number of rotatable bonds is 6. The Morgan fingerprint density at radius 3 is 2.47 bits per heavy atom. The highest BCUT2D eigenvalue weighted by Gasteiger charge is 2.26. The fraction of sp³-hybridized carbons (Fsp3) is 0.583. The average Bonchev–Trinajstić information content (AvgIpc) is 2.72. The van der Waals surface area contributed by atoms with Crippen molar-refractivity contribution in [2.75, 3.05) is 13.1 Å². The van der Waals surface area contributed by atoms with Gasteiger partial charge in [0.05, 0.1) is 6.54 Å². The largest absolute Gasteiger partial charge is 0.353 e. The number of carbonyl (C=O) groups is 1. The molecule has 7 heteroatoms. The molecular formula is C12H20N2O3S2. The molecule has 0 aliphatic heterocycles. The van der Waals surface area contributed by atoms with Crippen LogP contribution in [-0.2, 0) is 14.8 Å². The van der Waals surface area contributed by atoms with Gasteiger partial charge < -0.3 is 5.32 Å². The third kappa shape index (κ3) is 4.29. The van der Waals surface area contributed by atoms with Crippen molar-refractivity contribution < 1.29 is 13.2 Å². The fourth-order valence-corrected chi connectivity index (χ4v) is 4.42. The summed E-state index contributed by atoms with van der Waals surface area (Å²) in [6.07, 6.45) is 0. The number of likely N-dealkylation sites (N-methyl/N-ethyl adjacent to an activating group) is 1. The first kappa shape index (κ1) is 16.1. The minimum Gasteiger partial charge on any atom is -0.353 e. The van der Waals surface area contributed by atoms with Gasteiger partial charge in [-0.3, -0.25) is 4.79 Å². The number of nitrogens with one attached hydrogen (secondary N) is 1. The molecular weight excluding hydrogens is 284 g/mol. The standard InChI is InChI=1S/C12H20N2O3S2/c1-5-14(8-11(15)13-9(2)3)19(16,17)12-7-6-10(4)18-12/h6-7,9H,5,8H2,1-4H3,(H,13,15). The van der Waals surface area contributed by atoms with E-state index in [2.05, 4.69) is 5.32 Å². The smallest absolute Gasteiger partial charge is 0.253 e. The predicted octanol–water partition coefficient (Wildman–Crippen LogP) is 1.59. The Morgan fingerprint density at radius 1 is 1.42 bits per heavy atom. The second-order valence-electron chi connectivity index (χ2n) is 4.52. The molecule has 5 nitrogen and oxygen atoms in total. The summed E-state index contributed by atoms with van der Waals surface area (Å²) in [4.78, 5) is 12.6. The molecule has 0 spiro atoms. The quantitative estimate of drug-likeness (QED) is 0.868. The average molecular weight is 304 g/mol. The van der Waals surface area contributed by atoms with Gasteiger partial charge in [-0.15, -0.1) is 11.3 Å². The van der Waals surface area contributed by atoms with E-state index in [-0.39, 0.29) is 29.2 Å². The molecule has 1 aromatic heterocycles. The summed E-state index contributed by atoms with van der Waals surface area (Å²) in [6.45, 7) is 7.38. The van der Waals surface area contributed by atoms with Crippen LogP contribution >= 0.6 is 11.3 Å². The number of amides is 1. The van der Waals surface area contributed by atoms with Crippen LogP contribution < -0.4 is 5.32 Å². The molecule has 0 atom stereocenters. The van der Waals surface area contributed by atoms with Crippen molar-refractivity contribution in [3.8, 4) is 0 Å². The molecule has 0 radical (unpaired) electrons. The molecule has 1 rings (SSSR count). The summed E-state index contributed by atoms with van der Waals surface area (Å²) in [7, 11) is -3.57. The van der Waals surface area contributed by atoms with Gasteiger partial charge in [-0.1, -0.05) is 6.92 Å². The molecule has 0 unspecified atom stereocenters. The van der Waals surface area contributed by atoms with Crippen LogP contribution in [0.25, 0.3) is 0 Å². The molecule has 0 saturated carbocycles. The lowest BCUT2D eigenvalue weighted by Gasteiger charge is -2.19. The van der Waals surface area contributed by atoms with Crippen LogP contribution in [0.5, 0.6) is 0 Å². The van der Waals surface area contributed by atoms with Crippen molar-refractivity contribution in [2.45, 2.75) is 37.9 Å². The molecule has 1 heterocycles. The first-order valence-electron chi connectivity index (χ1n) is 6.13. The van der Waals surface area contributed by atoms with E-state index in [0.29, 0.717) is 0 Å². The van der Waals surface area contributed by atoms with Crippen LogP contribution in [0.1, 0.15) is 25.6 Å². The van der Waals surface area contributed by atoms with Crippen LogP contribution in [0, 0.1) is 6.92 Å². The Bertz CT molecular complexity index is 535. The van der Waals surface area contributed by atoms with Crippen molar-refractivity contribution in [3.05, 3.63) is 17.0 Å². The first-order chi connectivity index (χ1) is 8.77. The highest BCUT2D eigenvalue weighted by atomic mass is 32.2. The van der Waals surface area contributed by atoms with Gasteiger partial charge in [0.2, 0.25) is 5.91 Å². The topological polar surface area (TPSA) is 66.5 Å². The summed E-state index contributed by atoms with van der Waals surface area (Å²) in [6, 6.07) is 3.34. The van der Waals surface area contributed by atoms with Crippen LogP contribution in [-0.4, -0.2) is 37.8 Å². The molecule has 1 N–H and O–H groups in total. The van der Waals surface area contributed by atoms with Crippen molar-refractivity contribution in [1.82, 2.24) is 9.62 Å². The maximum atomic E-state index is 12.4. The zero-order chi connectivity index (χ0) is 14.6. The molecule has 0 bridgehead atoms. The van der Waals surface area contributed by atoms with E-state index >= 15 is 0 Å². The number of hydrogen-bond donors (Lipinski definition) is 1. The van der Waals surface area contributed by atoms with Gasteiger partial charge in [0.25, 0.3) is 10.0 Å². The van der Waals surface area contributed by atoms with Crippen molar-refractivity contribution in [2.24, 2.45) is 0 Å². The monoisotopic (exact) mass is 304 g/mol. The zero-order valence-electron chi connectivity index (χ0n) is 11.6. The summed E-state index contributed by atoms with van der Waals surface area (Å²) in [5, 5.41) is 2.69. The van der Waals surface area contributed by atoms with Crippen molar-refractivity contribution >= 4 is 27.3 Å². The van der Waals surface area contributed by atoms with E-state index in [1.54, 1.807) is 19.1 Å². The maximum Gasteiger partial charge on any atom is 0.253 e. The van der Waals surface area contributed by atoms with Gasteiger partial charge >= 0.3 is 0 Å². The summed E-state index contributed by atoms with van der Waals surface area (Å²) in [5.74, 6) is -0.284. The number of thiophene rings is 1. The van der Waals surface area contributed by atoms with E-state index in [0.717, 1.165) is 4.88 Å². The number of nitrogens with zero attached hydrogens (tertiary/aromatic N) is 1. The number of carbonyl (C=O) groups excluding carboxylic acids is 1. The number of aryl methyl sites for hydroxylation is 1. The van der Waals surface area contributed by atoms with E-state index < -0.39 is 10.0 Å². The predicted molar refractivity (Wildman–Crippen MR) is 76.8 cm³/mol. The molecule has 19 heavy (non-hydrogen) atoms. The Kier molecular flexibility index (Phi) is 5.51. The van der Waals surface area contributed by atoms with Crippen LogP contribution in [0.15, 0.2) is 16.3 Å². The molecule has 0 aromatic carbocycles. The summed E-state index contributed by atoms with van der Waals surface area (Å²) in [5.41, 5.74) is 0. The Morgan fingerprint density at radius 2 is 2.05 bits per heavy atom. The van der Waals surface area contributed by atoms with Gasteiger partial charge in [-0.05, 0) is 32.9 Å². The molecule has 108 valence electrons. The Hall–Kier alpha value is -0.920. The maximum absolute atomic E-state index is 12.4. The third-order valence-electron chi connectivity index (χ3n) is 2.43. The van der Waals surface area contributed by atoms with Crippen molar-refractivity contribution in [3.63, 3.8) is 0 Å². The van der Waals surface area contributed by atoms with Crippen LogP contribution in [0.2, 0.25) is 0 Å². The normalized spacial score (nSPS) is 12.1. The highest BCUT2D eigenvalue weighted by Crippen LogP contribution is 2.23. The number of hydrogen-bond acceptors (Lipinski definition) is 4. The molecule has 0 fully saturated rings. The Labute approximate surface area is 118 Å². The molecule has 1 aromatic rings. The summed E-state index contributed by atoms with van der Waals surface area (Å²) >= 11 is 1.22. The van der Waals surface area contributed by atoms with Gasteiger partial charge in [0.15, 0.2) is 0 Å². The van der Waals surface area contributed by atoms with E-state index in [4.69, 9.17) is 0 Å². The minimum absolute atomic E-state index is 0.00195. The Balaban J connectivity index is 2.87. The second kappa shape index (κ2) is 6.49. The van der Waals surface area contributed by atoms with E-state index in [1.807, 2.05) is 20.8 Å². The first-order valence-corrected chi connectivity index (χ1v) is 8.39. The molecule has 0 aliphatic carbocycles. The van der Waals surface area contributed by atoms with Crippen LogP contribution in [0.3, 0.4) is 0 Å². The van der Waals surface area contributed by atoms with Crippen LogP contribution in [0.4, 0.5) is 0 Å². The highest BCUT2D eigenvalue weighted by molar-refractivity contribution is 7.91. The lowest BCUT2D eigenvalue weighted by Crippen LogP contribution is -2.42. The molecule has 1 amide bonds. The SMILES string of the molecule is CCN(CC(=O)NC(C)C)S(=O)(=O)c1ccc(C)s1. The molecule has 0 aliphatic rings. The van der Waals surface area contributed by atoms with E-state index in [9.17, 15) is 13.2 Å². The van der Waals surface area contributed by atoms with Gasteiger partial charge in [0.1, 0.15) is 4.21 Å². The van der Waals surface area contributed by atoms with Gasteiger partial charge in [-0.2, -0.15) is 4.31 Å². The number of sulfonamides is 1. The van der Waals surface area contributed by atoms with E-state index in [1.165, 1.54) is 15.6 Å². The van der Waals surface area contributed by atoms with Gasteiger partial charge in [0, 0.05) is 17.5 Å².